The van der Waals surface area contributed by atoms with Gasteiger partial charge in [-0.15, -0.1) is 0 Å². The van der Waals surface area contributed by atoms with Crippen molar-refractivity contribution in [1.29, 1.82) is 0 Å². The highest BCUT2D eigenvalue weighted by Gasteiger charge is 2.55. The zero-order valence-corrected chi connectivity index (χ0v) is 25.2. The fourth-order valence-corrected chi connectivity index (χ4v) is 6.83. The van der Waals surface area contributed by atoms with E-state index in [1.165, 1.54) is 17.0 Å². The molecule has 0 aromatic carbocycles. The monoisotopic (exact) mass is 662 g/mol. The van der Waals surface area contributed by atoms with Crippen LogP contribution in [0, 0.1) is 18.3 Å². The molecule has 3 fully saturated rings. The van der Waals surface area contributed by atoms with Gasteiger partial charge in [-0.05, 0) is 61.2 Å². The molecule has 0 radical (unpaired) electrons. The number of hydrogen-bond acceptors (Lipinski definition) is 9. The number of halogens is 5. The molecule has 3 atom stereocenters. The lowest BCUT2D eigenvalue weighted by molar-refractivity contribution is -0.155. The van der Waals surface area contributed by atoms with E-state index in [0.717, 1.165) is 12.8 Å². The second kappa shape index (κ2) is 11.4. The molecule has 5 heterocycles. The molecule has 2 amide bonds. The van der Waals surface area contributed by atoms with Gasteiger partial charge < -0.3 is 15.1 Å². The van der Waals surface area contributed by atoms with E-state index in [1.807, 2.05) is 0 Å². The van der Waals surface area contributed by atoms with Crippen molar-refractivity contribution < 1.29 is 40.6 Å². The maximum atomic E-state index is 14.1. The number of rotatable bonds is 9. The molecule has 0 unspecified atom stereocenters. The van der Waals surface area contributed by atoms with Crippen molar-refractivity contribution in [1.82, 2.24) is 40.5 Å². The number of aryl methyl sites for hydroxylation is 1. The number of imidazole rings is 1. The Morgan fingerprint density at radius 3 is 2.57 bits per heavy atom. The first-order valence-electron chi connectivity index (χ1n) is 15.4. The molecule has 0 bridgehead atoms. The van der Waals surface area contributed by atoms with Crippen LogP contribution < -0.4 is 10.6 Å². The Balaban J connectivity index is 1.18. The molecule has 12 nitrogen and oxygen atoms in total. The van der Waals surface area contributed by atoms with Crippen molar-refractivity contribution in [2.75, 3.05) is 0 Å². The van der Waals surface area contributed by atoms with E-state index in [-0.39, 0.29) is 56.1 Å². The number of oxazole rings is 1. The van der Waals surface area contributed by atoms with Gasteiger partial charge in [0, 0.05) is 32.1 Å². The second-order valence-electron chi connectivity index (χ2n) is 13.0. The average molecular weight is 663 g/mol. The second-order valence-corrected chi connectivity index (χ2v) is 13.0. The van der Waals surface area contributed by atoms with Gasteiger partial charge in [-0.1, -0.05) is 5.16 Å². The third-order valence-electron chi connectivity index (χ3n) is 9.43. The van der Waals surface area contributed by atoms with E-state index in [9.17, 15) is 31.5 Å². The largest absolute Gasteiger partial charge is 0.449 e. The molecule has 3 aliphatic rings. The van der Waals surface area contributed by atoms with Gasteiger partial charge in [0.25, 0.3) is 5.91 Å². The number of carbonyl (C=O) groups is 2. The highest BCUT2D eigenvalue weighted by molar-refractivity contribution is 5.93. The fourth-order valence-electron chi connectivity index (χ4n) is 6.83. The van der Waals surface area contributed by atoms with Gasteiger partial charge in [0.1, 0.15) is 18.0 Å². The van der Waals surface area contributed by atoms with Crippen LogP contribution in [0.4, 0.5) is 22.0 Å². The summed E-state index contributed by atoms with van der Waals surface area (Å²) < 4.78 is 80.9. The van der Waals surface area contributed by atoms with Crippen molar-refractivity contribution in [2.24, 2.45) is 11.3 Å². The molecule has 2 N–H and O–H groups in total. The summed E-state index contributed by atoms with van der Waals surface area (Å²) in [5.74, 6) is -4.08. The minimum atomic E-state index is -4.64. The highest BCUT2D eigenvalue weighted by atomic mass is 19.4. The minimum Gasteiger partial charge on any atom is -0.449 e. The molecule has 1 saturated heterocycles. The zero-order valence-electron chi connectivity index (χ0n) is 25.2. The molecule has 2 saturated carbocycles. The van der Waals surface area contributed by atoms with Crippen molar-refractivity contribution in [3.05, 3.63) is 59.0 Å². The number of nitrogens with zero attached hydrogens (tertiary/aromatic N) is 6. The third-order valence-corrected chi connectivity index (χ3v) is 9.43. The number of carbonyl (C=O) groups excluding carboxylic acids is 2. The van der Waals surface area contributed by atoms with E-state index in [1.54, 1.807) is 19.2 Å². The summed E-state index contributed by atoms with van der Waals surface area (Å²) in [4.78, 5) is 35.5. The summed E-state index contributed by atoms with van der Waals surface area (Å²) in [6.45, 7) is 1.60. The Hall–Kier alpha value is -4.44. The van der Waals surface area contributed by atoms with Crippen molar-refractivity contribution in [3.63, 3.8) is 0 Å². The van der Waals surface area contributed by atoms with Crippen LogP contribution in [0.3, 0.4) is 0 Å². The molecule has 250 valence electrons. The lowest BCUT2D eigenvalue weighted by atomic mass is 9.75. The molecular formula is C30H31F5N8O4. The normalized spacial score (nSPS) is 24.0. The van der Waals surface area contributed by atoms with Crippen molar-refractivity contribution in [2.45, 2.75) is 94.8 Å². The first-order valence-corrected chi connectivity index (χ1v) is 15.4. The molecular weight excluding hydrogens is 631 g/mol. The van der Waals surface area contributed by atoms with Gasteiger partial charge in [-0.3, -0.25) is 9.59 Å². The van der Waals surface area contributed by atoms with Crippen molar-refractivity contribution >= 4 is 17.5 Å². The summed E-state index contributed by atoms with van der Waals surface area (Å²) in [6, 6.07) is -1.19. The molecule has 2 aliphatic carbocycles. The first-order chi connectivity index (χ1) is 22.3. The quantitative estimate of drug-likeness (QED) is 0.241. The number of amides is 2. The highest BCUT2D eigenvalue weighted by Crippen LogP contribution is 2.44. The maximum Gasteiger partial charge on any atom is 0.408 e. The Kier molecular flexibility index (Phi) is 7.54. The van der Waals surface area contributed by atoms with Gasteiger partial charge in [-0.2, -0.15) is 18.3 Å². The summed E-state index contributed by atoms with van der Waals surface area (Å²) in [5, 5.41) is 17.1. The number of alkyl halides is 5. The number of nitrogens with one attached hydrogen (secondary N) is 2. The van der Waals surface area contributed by atoms with Crippen LogP contribution in [0.1, 0.15) is 95.9 Å². The Morgan fingerprint density at radius 1 is 1.15 bits per heavy atom. The predicted octanol–water partition coefficient (Wildman–Crippen LogP) is 4.81. The van der Waals surface area contributed by atoms with Crippen LogP contribution in [0.2, 0.25) is 0 Å². The standard InChI is InChI=1S/C30H31F5N8O4/c1-15-37-19(14-46-15)10-28(11-21(30(33,34)35)39-27(28)45)9-16-8-22-38-20(13-43(22)36-12-16)23(18-4-6-29(31,32)7-5-18)40-26(44)25-24(17-2-3-17)41-47-42-25/h8,12-14,17-18,21,23H,2-7,9-11H2,1H3,(H,39,45)(H,40,44)/t21-,23-,28+/m0/s1. The van der Waals surface area contributed by atoms with Crippen LogP contribution >= 0.6 is 0 Å². The molecule has 47 heavy (non-hydrogen) atoms. The first kappa shape index (κ1) is 31.2. The number of hydrogen-bond donors (Lipinski definition) is 2. The molecule has 0 spiro atoms. The Morgan fingerprint density at radius 2 is 1.91 bits per heavy atom. The third kappa shape index (κ3) is 6.31. The summed E-state index contributed by atoms with van der Waals surface area (Å²) in [5.41, 5.74) is 0.478. The lowest BCUT2D eigenvalue weighted by Gasteiger charge is -2.33. The van der Waals surface area contributed by atoms with E-state index in [2.05, 4.69) is 36.0 Å². The number of fused-ring (bicyclic) bond motifs is 1. The summed E-state index contributed by atoms with van der Waals surface area (Å²) in [7, 11) is 0. The van der Waals surface area contributed by atoms with E-state index >= 15 is 0 Å². The van der Waals surface area contributed by atoms with Crippen LogP contribution in [0.5, 0.6) is 0 Å². The van der Waals surface area contributed by atoms with Crippen LogP contribution in [0.15, 0.2) is 33.8 Å². The summed E-state index contributed by atoms with van der Waals surface area (Å²) >= 11 is 0. The molecule has 7 rings (SSSR count). The smallest absolute Gasteiger partial charge is 0.408 e. The Bertz CT molecular complexity index is 1800. The van der Waals surface area contributed by atoms with Gasteiger partial charge in [0.15, 0.2) is 17.2 Å². The number of aromatic nitrogens is 6. The molecule has 4 aromatic rings. The Labute approximate surface area is 263 Å². The molecule has 17 heteroatoms. The molecule has 4 aromatic heterocycles. The van der Waals surface area contributed by atoms with Crippen LogP contribution in [0.25, 0.3) is 5.65 Å². The molecule has 1 aliphatic heterocycles. The van der Waals surface area contributed by atoms with Gasteiger partial charge in [0.05, 0.1) is 35.2 Å². The fraction of sp³-hybridized carbons (Fsp3) is 0.567. The van der Waals surface area contributed by atoms with E-state index < -0.39 is 47.8 Å². The van der Waals surface area contributed by atoms with Crippen molar-refractivity contribution in [3.8, 4) is 0 Å². The average Bonchev–Trinajstić information content (AvgIpc) is 3.31. The van der Waals surface area contributed by atoms with Gasteiger partial charge in [-0.25, -0.2) is 27.9 Å². The van der Waals surface area contributed by atoms with Crippen LogP contribution in [-0.2, 0) is 17.6 Å². The van der Waals surface area contributed by atoms with Crippen LogP contribution in [-0.4, -0.2) is 59.9 Å². The lowest BCUT2D eigenvalue weighted by Crippen LogP contribution is -2.39. The SMILES string of the molecule is Cc1nc(C[C@]2(Cc3cnn4cc([C@@H](NC(=O)c5nonc5C5CC5)C5CCC(F)(F)CC5)nc4c3)C[C@@H](C(F)(F)F)NC2=O)co1. The van der Waals surface area contributed by atoms with E-state index in [0.29, 0.717) is 34.2 Å². The zero-order chi connectivity index (χ0) is 33.1. The summed E-state index contributed by atoms with van der Waals surface area (Å²) in [6.07, 6.45) is 0.321. The maximum absolute atomic E-state index is 14.1. The topological polar surface area (TPSA) is 153 Å². The van der Waals surface area contributed by atoms with Gasteiger partial charge >= 0.3 is 6.18 Å². The van der Waals surface area contributed by atoms with E-state index in [4.69, 9.17) is 9.05 Å². The predicted molar refractivity (Wildman–Crippen MR) is 150 cm³/mol. The minimum absolute atomic E-state index is 0.0439. The van der Waals surface area contributed by atoms with Gasteiger partial charge in [0.2, 0.25) is 11.8 Å².